The lowest BCUT2D eigenvalue weighted by Gasteiger charge is -2.19. The summed E-state index contributed by atoms with van der Waals surface area (Å²) in [6.07, 6.45) is 0.774. The van der Waals surface area contributed by atoms with Crippen molar-refractivity contribution >= 4 is 32.8 Å². The van der Waals surface area contributed by atoms with Crippen LogP contribution in [0.25, 0.3) is 0 Å². The Balaban J connectivity index is 2.33. The van der Waals surface area contributed by atoms with E-state index in [-0.39, 0.29) is 23.2 Å². The maximum atomic E-state index is 11.9. The molecule has 0 radical (unpaired) electrons. The molecule has 0 bridgehead atoms. The van der Waals surface area contributed by atoms with E-state index in [1.54, 1.807) is 45.0 Å². The van der Waals surface area contributed by atoms with E-state index in [1.165, 1.54) is 11.5 Å². The number of amides is 1. The molecule has 1 amide bonds. The largest absolute Gasteiger partial charge is 0.444 e. The Hall–Kier alpha value is -1.80. The summed E-state index contributed by atoms with van der Waals surface area (Å²) in [6, 6.07) is 8.74. The van der Waals surface area contributed by atoms with E-state index in [4.69, 9.17) is 4.74 Å². The van der Waals surface area contributed by atoms with E-state index in [1.807, 2.05) is 6.07 Å². The van der Waals surface area contributed by atoms with Crippen LogP contribution in [0.3, 0.4) is 0 Å². The zero-order chi connectivity index (χ0) is 18.9. The van der Waals surface area contributed by atoms with Crippen LogP contribution in [0.1, 0.15) is 31.1 Å². The van der Waals surface area contributed by atoms with Gasteiger partial charge in [0.15, 0.2) is 9.84 Å². The van der Waals surface area contributed by atoms with Gasteiger partial charge >= 0.3 is 6.09 Å². The predicted octanol–water partition coefficient (Wildman–Crippen LogP) is 3.01. The average Bonchev–Trinajstić information content (AvgIpc) is 2.50. The number of rotatable bonds is 7. The summed E-state index contributed by atoms with van der Waals surface area (Å²) in [5.74, 6) is -0.397. The molecule has 138 valence electrons. The van der Waals surface area contributed by atoms with Crippen molar-refractivity contribution in [1.82, 2.24) is 5.32 Å². The van der Waals surface area contributed by atoms with Gasteiger partial charge in [0.2, 0.25) is 5.12 Å². The Morgan fingerprint density at radius 3 is 2.44 bits per heavy atom. The molecule has 0 aliphatic heterocycles. The first-order chi connectivity index (χ1) is 11.6. The summed E-state index contributed by atoms with van der Waals surface area (Å²) in [5.41, 5.74) is -0.0737. The highest BCUT2D eigenvalue weighted by molar-refractivity contribution is 8.16. The molecule has 0 fully saturated rings. The number of hydrogen-bond donors (Lipinski definition) is 1. The maximum Gasteiger partial charge on any atom is 0.407 e. The molecule has 0 aliphatic carbocycles. The summed E-state index contributed by atoms with van der Waals surface area (Å²) >= 11 is 0.932. The van der Waals surface area contributed by atoms with E-state index in [0.717, 1.165) is 11.8 Å². The number of carbonyl (C=O) groups is 2. The van der Waals surface area contributed by atoms with Crippen LogP contribution in [-0.4, -0.2) is 43.3 Å². The van der Waals surface area contributed by atoms with Crippen LogP contribution in [0.5, 0.6) is 0 Å². The molecule has 1 aromatic carbocycles. The van der Waals surface area contributed by atoms with Crippen LogP contribution in [0.2, 0.25) is 0 Å². The van der Waals surface area contributed by atoms with Crippen molar-refractivity contribution in [1.29, 1.82) is 0 Å². The first-order valence-corrected chi connectivity index (χ1v) is 10.4. The molecule has 1 rings (SSSR count). The van der Waals surface area contributed by atoms with Crippen molar-refractivity contribution < 1.29 is 22.7 Å². The van der Waals surface area contributed by atoms with Crippen LogP contribution < -0.4 is 5.32 Å². The smallest absolute Gasteiger partial charge is 0.407 e. The summed E-state index contributed by atoms with van der Waals surface area (Å²) < 4.78 is 28.8. The number of alkyl carbamates (subject to hydrolysis) is 1. The van der Waals surface area contributed by atoms with Crippen molar-refractivity contribution in [3.63, 3.8) is 0 Å². The lowest BCUT2D eigenvalue weighted by Crippen LogP contribution is -2.35. The monoisotopic (exact) mass is 385 g/mol. The van der Waals surface area contributed by atoms with E-state index < -0.39 is 21.5 Å². The summed E-state index contributed by atoms with van der Waals surface area (Å²) in [4.78, 5) is 23.3. The molecule has 0 atom stereocenters. The standard InChI is InChI=1S/C17H23NO5S2/c1-17(2,3)23-16(20)18-10-13-25(21,22)12-7-11-24-15(19)14-8-5-4-6-9-14/h4-9,11H,10,12-13H2,1-3H3,(H,18,20)/b11-7-. The summed E-state index contributed by atoms with van der Waals surface area (Å²) in [5, 5.41) is 3.72. The molecule has 0 saturated carbocycles. The fourth-order valence-corrected chi connectivity index (χ4v) is 3.32. The maximum absolute atomic E-state index is 11.9. The molecule has 8 heteroatoms. The Kier molecular flexibility index (Phi) is 8.18. The molecular formula is C17H23NO5S2. The first kappa shape index (κ1) is 21.2. The van der Waals surface area contributed by atoms with E-state index in [2.05, 4.69) is 5.32 Å². The van der Waals surface area contributed by atoms with E-state index in [9.17, 15) is 18.0 Å². The molecule has 0 heterocycles. The lowest BCUT2D eigenvalue weighted by atomic mass is 10.2. The molecule has 1 aromatic rings. The third-order valence-electron chi connectivity index (χ3n) is 2.71. The molecular weight excluding hydrogens is 362 g/mol. The van der Waals surface area contributed by atoms with Gasteiger partial charge in [0.05, 0.1) is 11.5 Å². The van der Waals surface area contributed by atoms with Crippen LogP contribution in [0.4, 0.5) is 4.79 Å². The number of thioether (sulfide) groups is 1. The minimum Gasteiger partial charge on any atom is -0.444 e. The van der Waals surface area contributed by atoms with Gasteiger partial charge < -0.3 is 10.1 Å². The summed E-state index contributed by atoms with van der Waals surface area (Å²) in [6.45, 7) is 5.15. The Bertz CT molecular complexity index is 706. The van der Waals surface area contributed by atoms with Gasteiger partial charge in [-0.05, 0) is 26.2 Å². The SMILES string of the molecule is CC(C)(C)OC(=O)NCCS(=O)(=O)C/C=C\SC(=O)c1ccccc1. The van der Waals surface area contributed by atoms with Gasteiger partial charge in [0.25, 0.3) is 0 Å². The van der Waals surface area contributed by atoms with Crippen molar-refractivity contribution in [3.05, 3.63) is 47.4 Å². The second-order valence-corrected chi connectivity index (χ2v) is 9.29. The Morgan fingerprint density at radius 2 is 1.84 bits per heavy atom. The normalized spacial score (nSPS) is 12.1. The zero-order valence-corrected chi connectivity index (χ0v) is 16.2. The number of ether oxygens (including phenoxy) is 1. The fraction of sp³-hybridized carbons (Fsp3) is 0.412. The second kappa shape index (κ2) is 9.62. The van der Waals surface area contributed by atoms with Gasteiger partial charge in [-0.2, -0.15) is 0 Å². The number of carbonyl (C=O) groups excluding carboxylic acids is 2. The molecule has 1 N–H and O–H groups in total. The van der Waals surface area contributed by atoms with E-state index >= 15 is 0 Å². The highest BCUT2D eigenvalue weighted by atomic mass is 32.2. The minimum atomic E-state index is -3.37. The third-order valence-corrected chi connectivity index (χ3v) is 5.02. The van der Waals surface area contributed by atoms with Gasteiger partial charge in [-0.1, -0.05) is 48.2 Å². The first-order valence-electron chi connectivity index (χ1n) is 7.67. The van der Waals surface area contributed by atoms with Crippen LogP contribution in [0, 0.1) is 0 Å². The molecule has 0 unspecified atom stereocenters. The highest BCUT2D eigenvalue weighted by Gasteiger charge is 2.16. The summed E-state index contributed by atoms with van der Waals surface area (Å²) in [7, 11) is -3.37. The van der Waals surface area contributed by atoms with Crippen molar-refractivity contribution in [3.8, 4) is 0 Å². The molecule has 25 heavy (non-hydrogen) atoms. The Morgan fingerprint density at radius 1 is 1.20 bits per heavy atom. The third kappa shape index (κ3) is 9.93. The fourth-order valence-electron chi connectivity index (χ4n) is 1.64. The molecule has 0 aromatic heterocycles. The van der Waals surface area contributed by atoms with Crippen LogP contribution >= 0.6 is 11.8 Å². The van der Waals surface area contributed by atoms with Crippen molar-refractivity contribution in [2.24, 2.45) is 0 Å². The quantitative estimate of drug-likeness (QED) is 0.776. The number of hydrogen-bond acceptors (Lipinski definition) is 6. The van der Waals surface area contributed by atoms with Gasteiger partial charge in [-0.15, -0.1) is 0 Å². The Labute approximate surface area is 152 Å². The van der Waals surface area contributed by atoms with Crippen molar-refractivity contribution in [2.45, 2.75) is 26.4 Å². The van der Waals surface area contributed by atoms with Gasteiger partial charge in [-0.3, -0.25) is 4.79 Å². The zero-order valence-electron chi connectivity index (χ0n) is 14.5. The number of sulfone groups is 1. The number of nitrogens with one attached hydrogen (secondary N) is 1. The molecule has 0 aliphatic rings. The van der Waals surface area contributed by atoms with Crippen LogP contribution in [-0.2, 0) is 14.6 Å². The van der Waals surface area contributed by atoms with Gasteiger partial charge in [0.1, 0.15) is 5.60 Å². The highest BCUT2D eigenvalue weighted by Crippen LogP contribution is 2.13. The van der Waals surface area contributed by atoms with E-state index in [0.29, 0.717) is 5.56 Å². The predicted molar refractivity (Wildman–Crippen MR) is 100 cm³/mol. The molecule has 0 spiro atoms. The van der Waals surface area contributed by atoms with Gasteiger partial charge in [0, 0.05) is 12.1 Å². The topological polar surface area (TPSA) is 89.5 Å². The number of benzene rings is 1. The average molecular weight is 386 g/mol. The van der Waals surface area contributed by atoms with Crippen molar-refractivity contribution in [2.75, 3.05) is 18.1 Å². The van der Waals surface area contributed by atoms with Gasteiger partial charge in [-0.25, -0.2) is 13.2 Å². The lowest BCUT2D eigenvalue weighted by molar-refractivity contribution is 0.0531. The molecule has 6 nitrogen and oxygen atoms in total. The van der Waals surface area contributed by atoms with Crippen LogP contribution in [0.15, 0.2) is 41.8 Å². The minimum absolute atomic E-state index is 0.0266. The molecule has 0 saturated heterocycles. The second-order valence-electron chi connectivity index (χ2n) is 6.19.